The van der Waals surface area contributed by atoms with Gasteiger partial charge in [0.05, 0.1) is 0 Å². The first kappa shape index (κ1) is 22.2. The number of hydrogen-bond acceptors (Lipinski definition) is 3. The minimum atomic E-state index is -7.34. The Morgan fingerprint density at radius 1 is 0.609 bits per heavy atom. The predicted octanol–water partition coefficient (Wildman–Crippen LogP) is 5.09. The van der Waals surface area contributed by atoms with Crippen LogP contribution in [0.3, 0.4) is 0 Å². The summed E-state index contributed by atoms with van der Waals surface area (Å²) in [6.45, 7) is 0. The maximum absolute atomic E-state index is 12.4. The van der Waals surface area contributed by atoms with Crippen molar-refractivity contribution in [2.45, 2.75) is 30.7 Å². The molecule has 0 aromatic rings. The van der Waals surface area contributed by atoms with Gasteiger partial charge in [-0.15, -0.1) is 0 Å². The molecule has 0 radical (unpaired) electrons. The van der Waals surface area contributed by atoms with Gasteiger partial charge in [-0.3, -0.25) is 4.57 Å². The van der Waals surface area contributed by atoms with Crippen molar-refractivity contribution in [1.29, 1.82) is 0 Å². The zero-order valence-electron chi connectivity index (χ0n) is 9.79. The lowest BCUT2D eigenvalue weighted by atomic mass is 10.6. The first-order valence-electron chi connectivity index (χ1n) is 4.58. The SMILES string of the molecule is O=P(CC(F)(F)F)(OC(F)(F)C(F)(F)F)OC(F)(F)C(F)(F)F. The number of hydrogen-bond donors (Lipinski definition) is 0. The van der Waals surface area contributed by atoms with Gasteiger partial charge in [-0.05, 0) is 0 Å². The molecule has 0 aromatic carbocycles. The van der Waals surface area contributed by atoms with Crippen LogP contribution in [-0.4, -0.2) is 36.9 Å². The van der Waals surface area contributed by atoms with Gasteiger partial charge in [0.2, 0.25) is 0 Å². The average Bonchev–Trinajstić information content (AvgIpc) is 2.05. The summed E-state index contributed by atoms with van der Waals surface area (Å²) in [5.41, 5.74) is 0. The smallest absolute Gasteiger partial charge is 0.259 e. The van der Waals surface area contributed by atoms with E-state index in [-0.39, 0.29) is 0 Å². The summed E-state index contributed by atoms with van der Waals surface area (Å²) in [6, 6.07) is 0. The van der Waals surface area contributed by atoms with Crippen LogP contribution in [-0.2, 0) is 13.6 Å². The third kappa shape index (κ3) is 6.33. The molecule has 23 heavy (non-hydrogen) atoms. The van der Waals surface area contributed by atoms with Crippen molar-refractivity contribution in [2.75, 3.05) is 6.16 Å². The van der Waals surface area contributed by atoms with Crippen LogP contribution in [0.5, 0.6) is 0 Å². The molecule has 0 saturated heterocycles. The molecule has 0 amide bonds. The third-order valence-corrected chi connectivity index (χ3v) is 3.30. The van der Waals surface area contributed by atoms with Crippen LogP contribution >= 0.6 is 7.60 Å². The molecule has 0 unspecified atom stereocenters. The van der Waals surface area contributed by atoms with Crippen molar-refractivity contribution < 1.29 is 70.7 Å². The molecular formula is C6H2F13O3P. The van der Waals surface area contributed by atoms with Gasteiger partial charge < -0.3 is 0 Å². The first-order valence-corrected chi connectivity index (χ1v) is 6.31. The molecule has 0 aliphatic heterocycles. The van der Waals surface area contributed by atoms with E-state index in [1.807, 2.05) is 0 Å². The summed E-state index contributed by atoms with van der Waals surface area (Å²) in [5, 5.41) is 0. The van der Waals surface area contributed by atoms with E-state index in [4.69, 9.17) is 0 Å². The highest BCUT2D eigenvalue weighted by Gasteiger charge is 2.68. The molecule has 17 heteroatoms. The van der Waals surface area contributed by atoms with Crippen LogP contribution in [0.15, 0.2) is 0 Å². The average molecular weight is 400 g/mol. The lowest BCUT2D eigenvalue weighted by Crippen LogP contribution is -2.43. The van der Waals surface area contributed by atoms with Crippen molar-refractivity contribution in [3.8, 4) is 0 Å². The van der Waals surface area contributed by atoms with Gasteiger partial charge in [-0.1, -0.05) is 0 Å². The van der Waals surface area contributed by atoms with Gasteiger partial charge in [0.15, 0.2) is 0 Å². The molecule has 0 N–H and O–H groups in total. The van der Waals surface area contributed by atoms with E-state index in [1.54, 1.807) is 0 Å². The summed E-state index contributed by atoms with van der Waals surface area (Å²) in [5.74, 6) is 0. The molecule has 140 valence electrons. The Morgan fingerprint density at radius 2 is 0.870 bits per heavy atom. The van der Waals surface area contributed by atoms with E-state index in [0.717, 1.165) is 0 Å². The van der Waals surface area contributed by atoms with Gasteiger partial charge in [-0.2, -0.15) is 57.1 Å². The molecule has 0 heterocycles. The minimum absolute atomic E-state index is 2.07. The Kier molecular flexibility index (Phi) is 5.75. The largest absolute Gasteiger partial charge is 0.483 e. The molecule has 0 saturated carbocycles. The van der Waals surface area contributed by atoms with Crippen LogP contribution in [0.2, 0.25) is 0 Å². The zero-order chi connectivity index (χ0) is 19.1. The summed E-state index contributed by atoms with van der Waals surface area (Å²) in [4.78, 5) is 0. The number of halogens is 13. The normalized spacial score (nSPS) is 15.9. The van der Waals surface area contributed by atoms with Gasteiger partial charge in [0, 0.05) is 0 Å². The Labute approximate surface area is 116 Å². The second kappa shape index (κ2) is 5.95. The van der Waals surface area contributed by atoms with Gasteiger partial charge in [0.25, 0.3) is 0 Å². The number of alkyl halides is 13. The second-order valence-electron chi connectivity index (χ2n) is 3.60. The highest BCUT2D eigenvalue weighted by Crippen LogP contribution is 2.62. The maximum Gasteiger partial charge on any atom is 0.483 e. The van der Waals surface area contributed by atoms with Gasteiger partial charge in [-0.25, -0.2) is 9.05 Å². The molecule has 0 aliphatic rings. The van der Waals surface area contributed by atoms with Crippen molar-refractivity contribution in [2.24, 2.45) is 0 Å². The van der Waals surface area contributed by atoms with Gasteiger partial charge >= 0.3 is 38.3 Å². The summed E-state index contributed by atoms with van der Waals surface area (Å²) >= 11 is 0. The fraction of sp³-hybridized carbons (Fsp3) is 1.00. The topological polar surface area (TPSA) is 35.5 Å². The monoisotopic (exact) mass is 400 g/mol. The molecule has 0 atom stereocenters. The van der Waals surface area contributed by atoms with Crippen molar-refractivity contribution >= 4 is 7.60 Å². The van der Waals surface area contributed by atoms with E-state index in [1.165, 1.54) is 0 Å². The molecule has 0 aromatic heterocycles. The third-order valence-electron chi connectivity index (χ3n) is 1.54. The fourth-order valence-corrected chi connectivity index (χ4v) is 2.27. The summed E-state index contributed by atoms with van der Waals surface area (Å²) < 4.78 is 171. The van der Waals surface area contributed by atoms with Crippen LogP contribution in [0.4, 0.5) is 57.1 Å². The van der Waals surface area contributed by atoms with E-state index in [9.17, 15) is 61.6 Å². The Hall–Kier alpha value is -0.760. The van der Waals surface area contributed by atoms with E-state index < -0.39 is 44.5 Å². The van der Waals surface area contributed by atoms with Crippen molar-refractivity contribution in [3.63, 3.8) is 0 Å². The summed E-state index contributed by atoms with van der Waals surface area (Å²) in [7, 11) is -7.34. The van der Waals surface area contributed by atoms with Crippen molar-refractivity contribution in [3.05, 3.63) is 0 Å². The number of rotatable bonds is 5. The Bertz CT molecular complexity index is 428. The minimum Gasteiger partial charge on any atom is -0.259 e. The molecule has 0 spiro atoms. The molecular weight excluding hydrogens is 398 g/mol. The quantitative estimate of drug-likeness (QED) is 0.477. The van der Waals surface area contributed by atoms with Crippen molar-refractivity contribution in [1.82, 2.24) is 0 Å². The zero-order valence-corrected chi connectivity index (χ0v) is 10.7. The highest BCUT2D eigenvalue weighted by atomic mass is 31.2. The molecule has 0 aliphatic carbocycles. The molecule has 0 bridgehead atoms. The van der Waals surface area contributed by atoms with Crippen LogP contribution in [0.25, 0.3) is 0 Å². The van der Waals surface area contributed by atoms with Crippen LogP contribution in [0, 0.1) is 0 Å². The first-order chi connectivity index (χ1) is 9.62. The lowest BCUT2D eigenvalue weighted by molar-refractivity contribution is -0.382. The Morgan fingerprint density at radius 3 is 1.04 bits per heavy atom. The molecule has 3 nitrogen and oxygen atoms in total. The van der Waals surface area contributed by atoms with Gasteiger partial charge in [0.1, 0.15) is 6.16 Å². The second-order valence-corrected chi connectivity index (χ2v) is 5.50. The summed E-state index contributed by atoms with van der Waals surface area (Å²) in [6.07, 6.45) is -36.8. The van der Waals surface area contributed by atoms with E-state index in [0.29, 0.717) is 0 Å². The fourth-order valence-electron chi connectivity index (χ4n) is 0.756. The lowest BCUT2D eigenvalue weighted by Gasteiger charge is -2.29. The van der Waals surface area contributed by atoms with Crippen LogP contribution in [0.1, 0.15) is 0 Å². The maximum atomic E-state index is 12.4. The Balaban J connectivity index is 5.76. The van der Waals surface area contributed by atoms with E-state index >= 15 is 0 Å². The predicted molar refractivity (Wildman–Crippen MR) is 42.7 cm³/mol. The van der Waals surface area contributed by atoms with E-state index in [2.05, 4.69) is 9.05 Å². The molecule has 0 fully saturated rings. The highest BCUT2D eigenvalue weighted by molar-refractivity contribution is 7.54. The standard InChI is InChI=1S/C6H2F13O3P/c7-2(8,9)1-23(20,21-5(16,17)3(10,11)12)22-6(18,19)4(13,14)15/h1H2. The molecule has 0 rings (SSSR count). The van der Waals surface area contributed by atoms with Crippen LogP contribution < -0.4 is 0 Å².